The van der Waals surface area contributed by atoms with Gasteiger partial charge in [0.25, 0.3) is 0 Å². The lowest BCUT2D eigenvalue weighted by atomic mass is 10.0. The van der Waals surface area contributed by atoms with Gasteiger partial charge in [-0.15, -0.1) is 0 Å². The van der Waals surface area contributed by atoms with Gasteiger partial charge < -0.3 is 4.74 Å². The molecule has 0 amide bonds. The standard InChI is InChI=1S/C14H12O/c1-3-7-11(8-4-1)13-14(15-13)12-9-5-2-6-10-12/h1-10,13-14H/t13-,14-/m0/s1/i3T. The van der Waals surface area contributed by atoms with Crippen LogP contribution in [0.4, 0.5) is 0 Å². The Labute approximate surface area is 90.7 Å². The second-order valence-electron chi connectivity index (χ2n) is 3.72. The normalized spacial score (nSPS) is 24.7. The van der Waals surface area contributed by atoms with Crippen LogP contribution in [0.5, 0.6) is 0 Å². The van der Waals surface area contributed by atoms with Gasteiger partial charge in [0, 0.05) is 0 Å². The Balaban J connectivity index is 1.82. The fourth-order valence-electron chi connectivity index (χ4n) is 1.85. The third-order valence-electron chi connectivity index (χ3n) is 2.68. The summed E-state index contributed by atoms with van der Waals surface area (Å²) in [5, 5.41) is 0. The maximum Gasteiger partial charge on any atom is 0.114 e. The summed E-state index contributed by atoms with van der Waals surface area (Å²) in [4.78, 5) is 0. The highest BCUT2D eigenvalue weighted by Crippen LogP contribution is 2.50. The summed E-state index contributed by atoms with van der Waals surface area (Å²) in [5.74, 6) is 0. The molecule has 3 rings (SSSR count). The number of benzene rings is 2. The van der Waals surface area contributed by atoms with Crippen molar-refractivity contribution in [2.75, 3.05) is 0 Å². The van der Waals surface area contributed by atoms with Crippen molar-refractivity contribution < 1.29 is 6.11 Å². The van der Waals surface area contributed by atoms with Gasteiger partial charge in [0.1, 0.15) is 12.2 Å². The van der Waals surface area contributed by atoms with Gasteiger partial charge in [-0.1, -0.05) is 60.6 Å². The molecule has 1 aliphatic rings. The van der Waals surface area contributed by atoms with Gasteiger partial charge in [0.15, 0.2) is 0 Å². The minimum absolute atomic E-state index is 0.132. The molecule has 0 spiro atoms. The van der Waals surface area contributed by atoms with E-state index in [0.717, 1.165) is 5.56 Å². The Morgan fingerprint density at radius 1 is 0.800 bits per heavy atom. The molecular formula is C14H12O. The first-order chi connectivity index (χ1) is 7.84. The highest BCUT2D eigenvalue weighted by molar-refractivity contribution is 5.29. The van der Waals surface area contributed by atoms with Crippen molar-refractivity contribution in [2.24, 2.45) is 0 Å². The van der Waals surface area contributed by atoms with Gasteiger partial charge in [0.2, 0.25) is 0 Å². The van der Waals surface area contributed by atoms with Crippen molar-refractivity contribution in [2.45, 2.75) is 12.2 Å². The van der Waals surface area contributed by atoms with E-state index in [1.54, 1.807) is 6.07 Å². The average molecular weight is 198 g/mol. The van der Waals surface area contributed by atoms with Gasteiger partial charge in [-0.3, -0.25) is 0 Å². The molecule has 1 heterocycles. The summed E-state index contributed by atoms with van der Waals surface area (Å²) in [7, 11) is 0. The van der Waals surface area contributed by atoms with Crippen LogP contribution in [0, 0.1) is 0 Å². The molecule has 1 fully saturated rings. The van der Waals surface area contributed by atoms with Crippen LogP contribution in [0.15, 0.2) is 60.6 Å². The first-order valence-corrected chi connectivity index (χ1v) is 5.11. The number of hydrogen-bond donors (Lipinski definition) is 0. The summed E-state index contributed by atoms with van der Waals surface area (Å²) in [6.45, 7) is 0. The van der Waals surface area contributed by atoms with Gasteiger partial charge in [-0.25, -0.2) is 0 Å². The van der Waals surface area contributed by atoms with Gasteiger partial charge in [-0.05, 0) is 11.1 Å². The van der Waals surface area contributed by atoms with E-state index in [2.05, 4.69) is 12.1 Å². The Bertz CT molecular complexity index is 495. The van der Waals surface area contributed by atoms with E-state index in [1.165, 1.54) is 5.56 Å². The van der Waals surface area contributed by atoms with Gasteiger partial charge in [0.05, 0.1) is 1.37 Å². The quantitative estimate of drug-likeness (QED) is 0.673. The van der Waals surface area contributed by atoms with E-state index < -0.39 is 0 Å². The molecule has 0 aliphatic carbocycles. The third kappa shape index (κ3) is 1.66. The summed E-state index contributed by atoms with van der Waals surface area (Å²) in [6, 6.07) is 18.3. The predicted octanol–water partition coefficient (Wildman–Crippen LogP) is 3.50. The van der Waals surface area contributed by atoms with E-state index in [9.17, 15) is 0 Å². The molecule has 0 unspecified atom stereocenters. The molecule has 1 saturated heterocycles. The van der Waals surface area contributed by atoms with Crippen LogP contribution in [0.25, 0.3) is 0 Å². The SMILES string of the molecule is [3H]c1cccc([C@@H]2O[C@H]2c2ccccc2)c1. The molecule has 1 nitrogen and oxygen atoms in total. The zero-order valence-corrected chi connectivity index (χ0v) is 8.26. The minimum atomic E-state index is 0.132. The van der Waals surface area contributed by atoms with Crippen LogP contribution in [-0.4, -0.2) is 0 Å². The molecule has 0 radical (unpaired) electrons. The second kappa shape index (κ2) is 3.52. The summed E-state index contributed by atoms with van der Waals surface area (Å²) >= 11 is 0. The average Bonchev–Trinajstić information content (AvgIpc) is 3.10. The third-order valence-corrected chi connectivity index (χ3v) is 2.68. The number of ether oxygens (including phenoxy) is 1. The lowest BCUT2D eigenvalue weighted by Crippen LogP contribution is -1.82. The highest BCUT2D eigenvalue weighted by Gasteiger charge is 2.40. The first kappa shape index (κ1) is 7.66. The molecular weight excluding hydrogens is 184 g/mol. The molecule has 1 aliphatic heterocycles. The van der Waals surface area contributed by atoms with E-state index >= 15 is 0 Å². The molecule has 2 atom stereocenters. The molecule has 0 saturated carbocycles. The number of epoxide rings is 1. The molecule has 15 heavy (non-hydrogen) atoms. The van der Waals surface area contributed by atoms with Gasteiger partial charge in [-0.2, -0.15) is 0 Å². The van der Waals surface area contributed by atoms with Crippen molar-refractivity contribution in [1.82, 2.24) is 0 Å². The summed E-state index contributed by atoms with van der Waals surface area (Å²) in [6.07, 6.45) is 0.302. The fourth-order valence-corrected chi connectivity index (χ4v) is 1.85. The topological polar surface area (TPSA) is 12.5 Å². The molecule has 74 valence electrons. The zero-order chi connectivity index (χ0) is 11.0. The maximum absolute atomic E-state index is 7.57. The largest absolute Gasteiger partial charge is 0.359 e. The maximum atomic E-state index is 7.57. The fraction of sp³-hybridized carbons (Fsp3) is 0.143. The van der Waals surface area contributed by atoms with Crippen molar-refractivity contribution in [1.29, 1.82) is 0 Å². The van der Waals surface area contributed by atoms with Crippen molar-refractivity contribution in [3.8, 4) is 0 Å². The molecule has 0 N–H and O–H groups in total. The van der Waals surface area contributed by atoms with Crippen LogP contribution >= 0.6 is 0 Å². The van der Waals surface area contributed by atoms with Crippen LogP contribution in [0.3, 0.4) is 0 Å². The van der Waals surface area contributed by atoms with Crippen LogP contribution in [0.1, 0.15) is 24.7 Å². The van der Waals surface area contributed by atoms with E-state index in [1.807, 2.05) is 36.4 Å². The Morgan fingerprint density at radius 3 is 2.07 bits per heavy atom. The smallest absolute Gasteiger partial charge is 0.114 e. The number of hydrogen-bond acceptors (Lipinski definition) is 1. The summed E-state index contributed by atoms with van der Waals surface area (Å²) in [5.41, 5.74) is 2.31. The molecule has 1 heteroatoms. The Kier molecular flexibility index (Phi) is 1.80. The van der Waals surface area contributed by atoms with Crippen LogP contribution in [0.2, 0.25) is 0 Å². The van der Waals surface area contributed by atoms with Crippen molar-refractivity contribution in [3.05, 3.63) is 71.8 Å². The predicted molar refractivity (Wildman–Crippen MR) is 59.5 cm³/mol. The Morgan fingerprint density at radius 2 is 1.40 bits per heavy atom. The summed E-state index contributed by atoms with van der Waals surface area (Å²) < 4.78 is 13.2. The van der Waals surface area contributed by atoms with E-state index in [0.29, 0.717) is 6.04 Å². The molecule has 2 aromatic rings. The highest BCUT2D eigenvalue weighted by atomic mass is 16.6. The molecule has 0 bridgehead atoms. The second-order valence-corrected chi connectivity index (χ2v) is 3.72. The monoisotopic (exact) mass is 198 g/mol. The lowest BCUT2D eigenvalue weighted by Gasteiger charge is -1.95. The van der Waals surface area contributed by atoms with Crippen LogP contribution in [-0.2, 0) is 4.74 Å². The lowest BCUT2D eigenvalue weighted by molar-refractivity contribution is 0.377. The first-order valence-electron chi connectivity index (χ1n) is 5.61. The van der Waals surface area contributed by atoms with Crippen molar-refractivity contribution in [3.63, 3.8) is 0 Å². The number of rotatable bonds is 2. The molecule has 0 aromatic heterocycles. The molecule has 2 aromatic carbocycles. The van der Waals surface area contributed by atoms with Crippen molar-refractivity contribution >= 4 is 0 Å². The Hall–Kier alpha value is -1.60. The van der Waals surface area contributed by atoms with Crippen LogP contribution < -0.4 is 0 Å². The van der Waals surface area contributed by atoms with E-state index in [4.69, 9.17) is 6.11 Å². The van der Waals surface area contributed by atoms with E-state index in [-0.39, 0.29) is 12.2 Å². The minimum Gasteiger partial charge on any atom is -0.359 e. The zero-order valence-electron chi connectivity index (χ0n) is 9.26. The van der Waals surface area contributed by atoms with Gasteiger partial charge >= 0.3 is 0 Å².